The Morgan fingerprint density at radius 3 is 2.10 bits per heavy atom. The topological polar surface area (TPSA) is 312 Å². The molecule has 50 heavy (non-hydrogen) atoms. The second-order valence-electron chi connectivity index (χ2n) is 13.0. The Bertz CT molecular complexity index is 1450. The average molecular weight is 719 g/mol. The molecule has 11 N–H and O–H groups in total. The molecule has 0 saturated carbocycles. The number of aliphatic hydroxyl groups is 8. The minimum absolute atomic E-state index is 0.222. The number of aromatic amines is 1. The maximum absolute atomic E-state index is 12.8. The number of ether oxygens (including phenoxy) is 4. The number of nitrogens with one attached hydrogen (secondary N) is 3. The molecule has 2 unspecified atom stereocenters. The van der Waals surface area contributed by atoms with Crippen molar-refractivity contribution in [3.63, 3.8) is 0 Å². The molecule has 20 heteroatoms. The highest BCUT2D eigenvalue weighted by molar-refractivity contribution is 5.87. The summed E-state index contributed by atoms with van der Waals surface area (Å²) in [5.41, 5.74) is -1.69. The second kappa shape index (κ2) is 16.9. The van der Waals surface area contributed by atoms with Crippen LogP contribution in [-0.4, -0.2) is 155 Å². The predicted octanol–water partition coefficient (Wildman–Crippen LogP) is -5.60. The monoisotopic (exact) mass is 718 g/mol. The lowest BCUT2D eigenvalue weighted by atomic mass is 9.91. The van der Waals surface area contributed by atoms with Gasteiger partial charge in [-0.2, -0.15) is 0 Å². The van der Waals surface area contributed by atoms with Crippen molar-refractivity contribution in [1.29, 1.82) is 0 Å². The van der Waals surface area contributed by atoms with E-state index in [9.17, 15) is 60.0 Å². The highest BCUT2D eigenvalue weighted by atomic mass is 16.8. The van der Waals surface area contributed by atoms with Crippen molar-refractivity contribution < 1.29 is 69.4 Å². The van der Waals surface area contributed by atoms with Gasteiger partial charge in [0.2, 0.25) is 11.8 Å². The molecule has 3 aliphatic heterocycles. The highest BCUT2D eigenvalue weighted by Gasteiger charge is 2.53. The Labute approximate surface area is 284 Å². The molecule has 3 aliphatic rings. The van der Waals surface area contributed by atoms with Gasteiger partial charge in [-0.15, -0.1) is 0 Å². The van der Waals surface area contributed by atoms with E-state index < -0.39 is 128 Å². The molecule has 282 valence electrons. The van der Waals surface area contributed by atoms with Gasteiger partial charge in [0, 0.05) is 25.6 Å². The van der Waals surface area contributed by atoms with Gasteiger partial charge in [0.1, 0.15) is 60.9 Å². The zero-order valence-electron chi connectivity index (χ0n) is 27.5. The van der Waals surface area contributed by atoms with E-state index in [0.29, 0.717) is 6.42 Å². The molecule has 0 bridgehead atoms. The van der Waals surface area contributed by atoms with Crippen LogP contribution in [0.5, 0.6) is 0 Å². The molecule has 3 saturated heterocycles. The number of allylic oxidation sites excluding steroid dienone is 1. The molecule has 1 aromatic heterocycles. The van der Waals surface area contributed by atoms with Gasteiger partial charge in [0.05, 0.1) is 18.8 Å². The van der Waals surface area contributed by atoms with Crippen molar-refractivity contribution in [2.75, 3.05) is 6.61 Å². The summed E-state index contributed by atoms with van der Waals surface area (Å²) in [6, 6.07) is -2.02. The second-order valence-corrected chi connectivity index (χ2v) is 13.0. The van der Waals surface area contributed by atoms with E-state index in [1.54, 1.807) is 6.08 Å². The van der Waals surface area contributed by atoms with Crippen molar-refractivity contribution in [3.8, 4) is 0 Å². The fourth-order valence-corrected chi connectivity index (χ4v) is 6.01. The summed E-state index contributed by atoms with van der Waals surface area (Å²) in [5.74, 6) is -1.16. The Hall–Kier alpha value is -3.12. The summed E-state index contributed by atoms with van der Waals surface area (Å²) in [7, 11) is 0. The minimum atomic E-state index is -1.85. The Morgan fingerprint density at radius 2 is 1.52 bits per heavy atom. The van der Waals surface area contributed by atoms with Crippen LogP contribution in [0.3, 0.4) is 0 Å². The normalized spacial score (nSPS) is 38.3. The summed E-state index contributed by atoms with van der Waals surface area (Å²) in [5, 5.41) is 90.4. The largest absolute Gasteiger partial charge is 0.394 e. The van der Waals surface area contributed by atoms with Crippen molar-refractivity contribution in [2.24, 2.45) is 5.92 Å². The van der Waals surface area contributed by atoms with Crippen LogP contribution in [0.25, 0.3) is 0 Å². The lowest BCUT2D eigenvalue weighted by Gasteiger charge is -2.47. The molecular weight excluding hydrogens is 672 g/mol. The number of hydrogen-bond donors (Lipinski definition) is 11. The third kappa shape index (κ3) is 9.02. The Balaban J connectivity index is 1.58. The van der Waals surface area contributed by atoms with Gasteiger partial charge in [-0.25, -0.2) is 4.79 Å². The zero-order chi connectivity index (χ0) is 37.0. The number of aliphatic hydroxyl groups excluding tert-OH is 8. The van der Waals surface area contributed by atoms with E-state index in [2.05, 4.69) is 10.6 Å². The van der Waals surface area contributed by atoms with Crippen molar-refractivity contribution >= 4 is 11.8 Å². The third-order valence-corrected chi connectivity index (χ3v) is 8.66. The number of H-pyrrole nitrogens is 1. The summed E-state index contributed by atoms with van der Waals surface area (Å²) < 4.78 is 23.8. The first kappa shape index (κ1) is 39.7. The molecule has 0 spiro atoms. The summed E-state index contributed by atoms with van der Waals surface area (Å²) >= 11 is 0. The molecule has 1 aromatic rings. The maximum atomic E-state index is 12.8. The number of amides is 2. The van der Waals surface area contributed by atoms with E-state index in [1.165, 1.54) is 6.08 Å². The minimum Gasteiger partial charge on any atom is -0.394 e. The molecular formula is C30H46N4O16. The number of rotatable bonds is 12. The van der Waals surface area contributed by atoms with E-state index in [0.717, 1.165) is 23.8 Å². The Kier molecular flexibility index (Phi) is 13.4. The summed E-state index contributed by atoms with van der Waals surface area (Å²) in [6.07, 6.45) is -18.1. The summed E-state index contributed by atoms with van der Waals surface area (Å²) in [4.78, 5) is 50.5. The summed E-state index contributed by atoms with van der Waals surface area (Å²) in [6.45, 7) is 4.19. The van der Waals surface area contributed by atoms with E-state index in [4.69, 9.17) is 18.9 Å². The van der Waals surface area contributed by atoms with Crippen LogP contribution in [0.2, 0.25) is 0 Å². The van der Waals surface area contributed by atoms with Gasteiger partial charge in [-0.3, -0.25) is 23.9 Å². The molecule has 4 rings (SSSR count). The van der Waals surface area contributed by atoms with Gasteiger partial charge in [0.15, 0.2) is 18.8 Å². The van der Waals surface area contributed by atoms with Crippen LogP contribution in [0.1, 0.15) is 39.8 Å². The van der Waals surface area contributed by atoms with Crippen LogP contribution in [0.15, 0.2) is 34.0 Å². The lowest BCUT2D eigenvalue weighted by molar-refractivity contribution is -0.346. The number of carbonyl (C=O) groups is 2. The third-order valence-electron chi connectivity index (χ3n) is 8.66. The van der Waals surface area contributed by atoms with Crippen LogP contribution >= 0.6 is 0 Å². The van der Waals surface area contributed by atoms with Gasteiger partial charge >= 0.3 is 5.69 Å². The predicted molar refractivity (Wildman–Crippen MR) is 166 cm³/mol. The zero-order valence-corrected chi connectivity index (χ0v) is 27.5. The van der Waals surface area contributed by atoms with Crippen molar-refractivity contribution in [2.45, 2.75) is 126 Å². The van der Waals surface area contributed by atoms with Crippen molar-refractivity contribution in [1.82, 2.24) is 20.2 Å². The van der Waals surface area contributed by atoms with Crippen LogP contribution in [-0.2, 0) is 28.5 Å². The number of carbonyl (C=O) groups excluding carboxylic acids is 2. The number of aromatic nitrogens is 2. The molecule has 15 atom stereocenters. The first-order chi connectivity index (χ1) is 23.5. The molecule has 3 fully saturated rings. The van der Waals surface area contributed by atoms with E-state index in [-0.39, 0.29) is 5.92 Å². The molecule has 20 nitrogen and oxygen atoms in total. The van der Waals surface area contributed by atoms with Gasteiger partial charge < -0.3 is 70.4 Å². The van der Waals surface area contributed by atoms with Gasteiger partial charge in [-0.05, 0) is 18.4 Å². The van der Waals surface area contributed by atoms with E-state index in [1.807, 2.05) is 18.8 Å². The average Bonchev–Trinajstić information content (AvgIpc) is 3.34. The fourth-order valence-electron chi connectivity index (χ4n) is 6.01. The number of hydrogen-bond acceptors (Lipinski definition) is 16. The van der Waals surface area contributed by atoms with Gasteiger partial charge in [0.25, 0.3) is 5.56 Å². The highest BCUT2D eigenvalue weighted by Crippen LogP contribution is 2.34. The smallest absolute Gasteiger partial charge is 0.330 e. The molecule has 4 heterocycles. The van der Waals surface area contributed by atoms with Crippen LogP contribution in [0.4, 0.5) is 0 Å². The van der Waals surface area contributed by atoms with Gasteiger partial charge in [-0.1, -0.05) is 19.9 Å². The first-order valence-electron chi connectivity index (χ1n) is 16.1. The lowest BCUT2D eigenvalue weighted by Crippen LogP contribution is -2.68. The molecule has 2 amide bonds. The number of nitrogens with zero attached hydrogens (tertiary/aromatic N) is 1. The maximum Gasteiger partial charge on any atom is 0.330 e. The molecule has 0 aromatic carbocycles. The molecule has 0 aliphatic carbocycles. The molecule has 0 radical (unpaired) electrons. The first-order valence-corrected chi connectivity index (χ1v) is 16.1. The Morgan fingerprint density at radius 1 is 0.920 bits per heavy atom. The quantitative estimate of drug-likeness (QED) is 0.0898. The SMILES string of the molecule is CC(=O)N[C@H]1[C@@H](O[C@@H]2O[C@H](CC(O)[C@H]3OC(n4ccc(=O)[nH]c4=O)[C@H](O)[C@@H]3O)[C@H](O)[C@H](O)[C@H]2NC(=O)/C=C/CC(C)C)O[C@H](CO)[C@@H](O)[C@@H]1O. The van der Waals surface area contributed by atoms with Crippen molar-refractivity contribution in [3.05, 3.63) is 45.3 Å². The van der Waals surface area contributed by atoms with Crippen LogP contribution in [0, 0.1) is 5.92 Å². The standard InChI is InChI=1S/C30H46N4O16/c1-11(2)5-4-6-16(38)32-19-23(43)20(40)14(47-29(19)50-28-18(31-12(3)36)22(42)21(41)15(10-35)48-28)9-13(37)26-24(44)25(45)27(49-26)34-8-7-17(39)33-30(34)46/h4,6-8,11,13-15,18-29,35,37,40-45H,5,9-10H2,1-3H3,(H,31,36)(H,32,38)(H,33,39,46)/b6-4+/t13?,14-,15-,18-,19-,20+,21-,22-,23-,24+,25-,26-,27?,28-,29+/m1/s1. The van der Waals surface area contributed by atoms with E-state index >= 15 is 0 Å². The van der Waals surface area contributed by atoms with Crippen LogP contribution < -0.4 is 21.9 Å². The fraction of sp³-hybridized carbons (Fsp3) is 0.733.